The van der Waals surface area contributed by atoms with Gasteiger partial charge in [0.05, 0.1) is 0 Å². The Labute approximate surface area is 120 Å². The van der Waals surface area contributed by atoms with Crippen molar-refractivity contribution in [3.05, 3.63) is 52.6 Å². The molecular formula is C14H14BrN3O. The van der Waals surface area contributed by atoms with Crippen LogP contribution in [0.4, 0.5) is 11.5 Å². The van der Waals surface area contributed by atoms with Crippen LogP contribution in [0.25, 0.3) is 0 Å². The second-order valence-electron chi connectivity index (χ2n) is 4.11. The summed E-state index contributed by atoms with van der Waals surface area (Å²) in [7, 11) is 0. The van der Waals surface area contributed by atoms with Crippen LogP contribution in [-0.4, -0.2) is 10.9 Å². The van der Waals surface area contributed by atoms with E-state index in [1.807, 2.05) is 30.3 Å². The van der Waals surface area contributed by atoms with Gasteiger partial charge >= 0.3 is 0 Å². The summed E-state index contributed by atoms with van der Waals surface area (Å²) < 4.78 is 0.877. The average Bonchev–Trinajstić information content (AvgIpc) is 2.40. The Balaban J connectivity index is 1.88. The third kappa shape index (κ3) is 4.06. The van der Waals surface area contributed by atoms with E-state index in [4.69, 9.17) is 5.73 Å². The number of carbonyl (C=O) groups excluding carboxylic acids is 1. The number of nitrogens with one attached hydrogen (secondary N) is 1. The van der Waals surface area contributed by atoms with Gasteiger partial charge in [-0.3, -0.25) is 4.79 Å². The van der Waals surface area contributed by atoms with Crippen LogP contribution >= 0.6 is 15.9 Å². The third-order valence-electron chi connectivity index (χ3n) is 2.67. The summed E-state index contributed by atoms with van der Waals surface area (Å²) in [5.41, 5.74) is 7.53. The van der Waals surface area contributed by atoms with Gasteiger partial charge in [0, 0.05) is 22.8 Å². The lowest BCUT2D eigenvalue weighted by Gasteiger charge is -2.06. The van der Waals surface area contributed by atoms with Crippen LogP contribution in [0.3, 0.4) is 0 Å². The van der Waals surface area contributed by atoms with Crippen LogP contribution in [0.5, 0.6) is 0 Å². The van der Waals surface area contributed by atoms with Gasteiger partial charge < -0.3 is 11.1 Å². The summed E-state index contributed by atoms with van der Waals surface area (Å²) >= 11 is 3.29. The Kier molecular flexibility index (Phi) is 4.52. The lowest BCUT2D eigenvalue weighted by atomic mass is 10.1. The molecule has 1 aromatic carbocycles. The molecule has 19 heavy (non-hydrogen) atoms. The highest BCUT2D eigenvalue weighted by Gasteiger charge is 2.05. The Morgan fingerprint density at radius 3 is 2.74 bits per heavy atom. The number of aromatic nitrogens is 1. The molecule has 4 nitrogen and oxygen atoms in total. The number of benzene rings is 1. The van der Waals surface area contributed by atoms with Crippen LogP contribution in [0.2, 0.25) is 0 Å². The number of nitrogens with two attached hydrogens (primary N) is 1. The normalized spacial score (nSPS) is 10.2. The fraction of sp³-hybridized carbons (Fsp3) is 0.143. The number of hydrogen-bond donors (Lipinski definition) is 2. The van der Waals surface area contributed by atoms with E-state index in [2.05, 4.69) is 26.2 Å². The Hall–Kier alpha value is -1.88. The molecule has 0 aliphatic carbocycles. The van der Waals surface area contributed by atoms with Gasteiger partial charge in [0.2, 0.25) is 5.91 Å². The van der Waals surface area contributed by atoms with Crippen molar-refractivity contribution in [3.63, 3.8) is 0 Å². The second-order valence-corrected chi connectivity index (χ2v) is 5.02. The zero-order valence-corrected chi connectivity index (χ0v) is 11.9. The number of amides is 1. The van der Waals surface area contributed by atoms with Gasteiger partial charge in [-0.25, -0.2) is 4.98 Å². The highest BCUT2D eigenvalue weighted by atomic mass is 79.9. The van der Waals surface area contributed by atoms with E-state index in [1.165, 1.54) is 0 Å². The molecule has 0 atom stereocenters. The van der Waals surface area contributed by atoms with E-state index < -0.39 is 0 Å². The maximum Gasteiger partial charge on any atom is 0.225 e. The molecule has 2 aromatic rings. The molecule has 0 bridgehead atoms. The lowest BCUT2D eigenvalue weighted by Crippen LogP contribution is -2.13. The third-order valence-corrected chi connectivity index (χ3v) is 3.14. The number of nitrogen functional groups attached to an aromatic ring is 1. The summed E-state index contributed by atoms with van der Waals surface area (Å²) in [6.07, 6.45) is 2.64. The predicted molar refractivity (Wildman–Crippen MR) is 79.7 cm³/mol. The molecule has 2 rings (SSSR count). The van der Waals surface area contributed by atoms with Crippen molar-refractivity contribution in [1.29, 1.82) is 0 Å². The monoisotopic (exact) mass is 319 g/mol. The van der Waals surface area contributed by atoms with Crippen molar-refractivity contribution in [2.24, 2.45) is 0 Å². The number of carbonyl (C=O) groups is 1. The molecule has 1 amide bonds. The minimum atomic E-state index is -0.0712. The van der Waals surface area contributed by atoms with Crippen LogP contribution in [0.15, 0.2) is 47.1 Å². The van der Waals surface area contributed by atoms with E-state index in [-0.39, 0.29) is 5.91 Å². The summed E-state index contributed by atoms with van der Waals surface area (Å²) in [5, 5.41) is 2.75. The van der Waals surface area contributed by atoms with Crippen molar-refractivity contribution in [2.75, 3.05) is 11.1 Å². The number of rotatable bonds is 4. The van der Waals surface area contributed by atoms with Crippen LogP contribution in [0, 0.1) is 0 Å². The molecule has 1 aromatic heterocycles. The van der Waals surface area contributed by atoms with Gasteiger partial charge in [-0.05, 0) is 46.1 Å². The van der Waals surface area contributed by atoms with Gasteiger partial charge in [0.15, 0.2) is 0 Å². The first-order valence-corrected chi connectivity index (χ1v) is 6.69. The van der Waals surface area contributed by atoms with E-state index in [9.17, 15) is 4.79 Å². The maximum atomic E-state index is 11.8. The number of pyridine rings is 1. The predicted octanol–water partition coefficient (Wildman–Crippen LogP) is 3.00. The van der Waals surface area contributed by atoms with E-state index in [0.717, 1.165) is 15.7 Å². The zero-order valence-electron chi connectivity index (χ0n) is 10.3. The van der Waals surface area contributed by atoms with E-state index in [1.54, 1.807) is 12.3 Å². The topological polar surface area (TPSA) is 68.0 Å². The number of anilines is 2. The Morgan fingerprint density at radius 2 is 2.05 bits per heavy atom. The first kappa shape index (κ1) is 13.5. The standard InChI is InChI=1S/C14H14BrN3O/c15-11-6-7-13(17-9-11)18-14(19)8-5-10-3-1-2-4-12(10)16/h1-4,6-7,9H,5,8,16H2,(H,17,18,19). The number of para-hydroxylation sites is 1. The summed E-state index contributed by atoms with van der Waals surface area (Å²) in [6, 6.07) is 11.1. The second kappa shape index (κ2) is 6.33. The fourth-order valence-electron chi connectivity index (χ4n) is 1.67. The van der Waals surface area contributed by atoms with Crippen molar-refractivity contribution < 1.29 is 4.79 Å². The molecule has 98 valence electrons. The minimum absolute atomic E-state index is 0.0712. The van der Waals surface area contributed by atoms with Gasteiger partial charge in [0.25, 0.3) is 0 Å². The van der Waals surface area contributed by atoms with Crippen molar-refractivity contribution in [2.45, 2.75) is 12.8 Å². The molecule has 0 radical (unpaired) electrons. The van der Waals surface area contributed by atoms with Crippen LogP contribution in [-0.2, 0) is 11.2 Å². The molecule has 0 fully saturated rings. The highest BCUT2D eigenvalue weighted by Crippen LogP contribution is 2.14. The van der Waals surface area contributed by atoms with Gasteiger partial charge in [0.1, 0.15) is 5.82 Å². The number of hydrogen-bond acceptors (Lipinski definition) is 3. The summed E-state index contributed by atoms with van der Waals surface area (Å²) in [5.74, 6) is 0.479. The highest BCUT2D eigenvalue weighted by molar-refractivity contribution is 9.10. The van der Waals surface area contributed by atoms with Gasteiger partial charge in [-0.1, -0.05) is 18.2 Å². The summed E-state index contributed by atoms with van der Waals surface area (Å²) in [4.78, 5) is 15.9. The summed E-state index contributed by atoms with van der Waals surface area (Å²) in [6.45, 7) is 0. The molecule has 0 saturated carbocycles. The SMILES string of the molecule is Nc1ccccc1CCC(=O)Nc1ccc(Br)cn1. The molecule has 0 spiro atoms. The minimum Gasteiger partial charge on any atom is -0.399 e. The van der Waals surface area contributed by atoms with Gasteiger partial charge in [-0.2, -0.15) is 0 Å². The quantitative estimate of drug-likeness (QED) is 0.851. The number of aryl methyl sites for hydroxylation is 1. The number of halogens is 1. The van der Waals surface area contributed by atoms with Crippen molar-refractivity contribution in [3.8, 4) is 0 Å². The van der Waals surface area contributed by atoms with Crippen molar-refractivity contribution in [1.82, 2.24) is 4.98 Å². The first-order valence-electron chi connectivity index (χ1n) is 5.90. The number of nitrogens with zero attached hydrogens (tertiary/aromatic N) is 1. The fourth-order valence-corrected chi connectivity index (χ4v) is 1.90. The molecule has 0 saturated heterocycles. The smallest absolute Gasteiger partial charge is 0.225 e. The zero-order chi connectivity index (χ0) is 13.7. The largest absolute Gasteiger partial charge is 0.399 e. The first-order chi connectivity index (χ1) is 9.15. The maximum absolute atomic E-state index is 11.8. The average molecular weight is 320 g/mol. The molecule has 0 aliphatic rings. The molecule has 3 N–H and O–H groups in total. The molecule has 0 unspecified atom stereocenters. The van der Waals surface area contributed by atoms with Crippen LogP contribution in [0.1, 0.15) is 12.0 Å². The molecule has 0 aliphatic heterocycles. The van der Waals surface area contributed by atoms with E-state index >= 15 is 0 Å². The molecule has 5 heteroatoms. The lowest BCUT2D eigenvalue weighted by molar-refractivity contribution is -0.116. The molecular weight excluding hydrogens is 306 g/mol. The van der Waals surface area contributed by atoms with E-state index in [0.29, 0.717) is 18.7 Å². The van der Waals surface area contributed by atoms with Crippen LogP contribution < -0.4 is 11.1 Å². The molecule has 1 heterocycles. The van der Waals surface area contributed by atoms with Crippen molar-refractivity contribution >= 4 is 33.3 Å². The van der Waals surface area contributed by atoms with Gasteiger partial charge in [-0.15, -0.1) is 0 Å². The Bertz CT molecular complexity index is 569. The Morgan fingerprint density at radius 1 is 1.26 bits per heavy atom.